The second kappa shape index (κ2) is 5.63. The van der Waals surface area contributed by atoms with Gasteiger partial charge in [0, 0.05) is 17.5 Å². The van der Waals surface area contributed by atoms with E-state index in [1.165, 1.54) is 10.4 Å². The van der Waals surface area contributed by atoms with E-state index < -0.39 is 0 Å². The quantitative estimate of drug-likeness (QED) is 0.871. The number of aryl methyl sites for hydroxylation is 2. The standard InChI is InChI=1S/C13H20N4S/c1-4-5-10(6-14)17-12-11-8(2)9(3)18-13(11)16-7-15-12/h7,10H,4-6,14H2,1-3H3,(H,15,16,17). The van der Waals surface area contributed by atoms with Crippen LogP contribution in [0.4, 0.5) is 5.82 Å². The molecule has 0 aliphatic carbocycles. The maximum Gasteiger partial charge on any atom is 0.138 e. The van der Waals surface area contributed by atoms with Crippen molar-refractivity contribution in [1.29, 1.82) is 0 Å². The van der Waals surface area contributed by atoms with E-state index in [1.54, 1.807) is 17.7 Å². The summed E-state index contributed by atoms with van der Waals surface area (Å²) in [6.45, 7) is 7.04. The molecule has 0 aliphatic heterocycles. The average molecular weight is 264 g/mol. The molecule has 2 heterocycles. The molecule has 1 atom stereocenters. The van der Waals surface area contributed by atoms with Crippen LogP contribution in [0.15, 0.2) is 6.33 Å². The van der Waals surface area contributed by atoms with Gasteiger partial charge in [-0.25, -0.2) is 9.97 Å². The fraction of sp³-hybridized carbons (Fsp3) is 0.538. The highest BCUT2D eigenvalue weighted by Crippen LogP contribution is 2.32. The van der Waals surface area contributed by atoms with E-state index in [9.17, 15) is 0 Å². The van der Waals surface area contributed by atoms with Crippen molar-refractivity contribution >= 4 is 27.4 Å². The van der Waals surface area contributed by atoms with E-state index in [2.05, 4.69) is 36.1 Å². The van der Waals surface area contributed by atoms with Gasteiger partial charge in [0.1, 0.15) is 17.0 Å². The third kappa shape index (κ3) is 2.47. The van der Waals surface area contributed by atoms with Gasteiger partial charge >= 0.3 is 0 Å². The summed E-state index contributed by atoms with van der Waals surface area (Å²) < 4.78 is 0. The minimum atomic E-state index is 0.285. The zero-order valence-corrected chi connectivity index (χ0v) is 12.0. The number of anilines is 1. The summed E-state index contributed by atoms with van der Waals surface area (Å²) in [5.41, 5.74) is 7.06. The first-order valence-electron chi connectivity index (χ1n) is 6.34. The number of fused-ring (bicyclic) bond motifs is 1. The Morgan fingerprint density at radius 2 is 2.17 bits per heavy atom. The van der Waals surface area contributed by atoms with Crippen molar-refractivity contribution in [2.24, 2.45) is 5.73 Å². The molecular formula is C13H20N4S. The third-order valence-electron chi connectivity index (χ3n) is 3.23. The lowest BCUT2D eigenvalue weighted by Crippen LogP contribution is -2.29. The Bertz CT molecular complexity index is 535. The van der Waals surface area contributed by atoms with Crippen LogP contribution in [-0.2, 0) is 0 Å². The fourth-order valence-corrected chi connectivity index (χ4v) is 3.08. The van der Waals surface area contributed by atoms with Crippen LogP contribution in [0.2, 0.25) is 0 Å². The van der Waals surface area contributed by atoms with Crippen molar-refractivity contribution in [2.75, 3.05) is 11.9 Å². The fourth-order valence-electron chi connectivity index (χ4n) is 2.08. The second-order valence-electron chi connectivity index (χ2n) is 4.55. The van der Waals surface area contributed by atoms with Gasteiger partial charge in [0.15, 0.2) is 0 Å². The van der Waals surface area contributed by atoms with E-state index in [1.807, 2.05) is 0 Å². The Labute approximate surface area is 112 Å². The number of nitrogens with one attached hydrogen (secondary N) is 1. The molecule has 0 saturated heterocycles. The van der Waals surface area contributed by atoms with Gasteiger partial charge in [-0.05, 0) is 25.8 Å². The van der Waals surface area contributed by atoms with Gasteiger partial charge in [0.25, 0.3) is 0 Å². The molecular weight excluding hydrogens is 244 g/mol. The molecule has 0 aliphatic rings. The van der Waals surface area contributed by atoms with E-state index in [0.29, 0.717) is 6.54 Å². The van der Waals surface area contributed by atoms with Crippen molar-refractivity contribution in [3.63, 3.8) is 0 Å². The van der Waals surface area contributed by atoms with Crippen molar-refractivity contribution in [3.8, 4) is 0 Å². The Hall–Kier alpha value is -1.20. The Balaban J connectivity index is 2.38. The molecule has 0 fully saturated rings. The van der Waals surface area contributed by atoms with Gasteiger partial charge in [-0.1, -0.05) is 13.3 Å². The molecule has 0 amide bonds. The smallest absolute Gasteiger partial charge is 0.138 e. The highest BCUT2D eigenvalue weighted by atomic mass is 32.1. The molecule has 0 radical (unpaired) electrons. The molecule has 0 aromatic carbocycles. The molecule has 0 spiro atoms. The number of hydrogen-bond acceptors (Lipinski definition) is 5. The summed E-state index contributed by atoms with van der Waals surface area (Å²) in [7, 11) is 0. The van der Waals surface area contributed by atoms with Crippen LogP contribution >= 0.6 is 11.3 Å². The molecule has 5 heteroatoms. The molecule has 0 saturated carbocycles. The van der Waals surface area contributed by atoms with Crippen molar-refractivity contribution < 1.29 is 0 Å². The number of rotatable bonds is 5. The van der Waals surface area contributed by atoms with Crippen LogP contribution < -0.4 is 11.1 Å². The lowest BCUT2D eigenvalue weighted by atomic mass is 10.1. The summed E-state index contributed by atoms with van der Waals surface area (Å²) in [6.07, 6.45) is 3.80. The first kappa shape index (κ1) is 13.2. The summed E-state index contributed by atoms with van der Waals surface area (Å²) >= 11 is 1.72. The van der Waals surface area contributed by atoms with Crippen LogP contribution in [0.25, 0.3) is 10.2 Å². The average Bonchev–Trinajstić information content (AvgIpc) is 2.65. The van der Waals surface area contributed by atoms with E-state index in [4.69, 9.17) is 5.73 Å². The Kier molecular flexibility index (Phi) is 4.14. The first-order valence-corrected chi connectivity index (χ1v) is 7.16. The topological polar surface area (TPSA) is 63.8 Å². The van der Waals surface area contributed by atoms with Crippen molar-refractivity contribution in [2.45, 2.75) is 39.7 Å². The highest BCUT2D eigenvalue weighted by molar-refractivity contribution is 7.18. The van der Waals surface area contributed by atoms with E-state index in [0.717, 1.165) is 28.9 Å². The predicted molar refractivity (Wildman–Crippen MR) is 78.3 cm³/mol. The monoisotopic (exact) mass is 264 g/mol. The molecule has 18 heavy (non-hydrogen) atoms. The van der Waals surface area contributed by atoms with Crippen LogP contribution in [0.1, 0.15) is 30.2 Å². The zero-order valence-electron chi connectivity index (χ0n) is 11.2. The van der Waals surface area contributed by atoms with Crippen LogP contribution in [0.5, 0.6) is 0 Å². The molecule has 4 nitrogen and oxygen atoms in total. The van der Waals surface area contributed by atoms with Gasteiger partial charge in [0.05, 0.1) is 5.39 Å². The molecule has 1 unspecified atom stereocenters. The number of thiophene rings is 1. The van der Waals surface area contributed by atoms with E-state index in [-0.39, 0.29) is 6.04 Å². The van der Waals surface area contributed by atoms with E-state index >= 15 is 0 Å². The first-order chi connectivity index (χ1) is 8.67. The molecule has 3 N–H and O–H groups in total. The van der Waals surface area contributed by atoms with Gasteiger partial charge in [-0.3, -0.25) is 0 Å². The summed E-state index contributed by atoms with van der Waals surface area (Å²) in [6, 6.07) is 0.285. The Morgan fingerprint density at radius 3 is 2.83 bits per heavy atom. The Morgan fingerprint density at radius 1 is 1.39 bits per heavy atom. The highest BCUT2D eigenvalue weighted by Gasteiger charge is 2.14. The molecule has 2 aromatic rings. The van der Waals surface area contributed by atoms with Crippen LogP contribution in [0.3, 0.4) is 0 Å². The zero-order chi connectivity index (χ0) is 13.1. The lowest BCUT2D eigenvalue weighted by Gasteiger charge is -2.17. The lowest BCUT2D eigenvalue weighted by molar-refractivity contribution is 0.646. The SMILES string of the molecule is CCCC(CN)Nc1ncnc2sc(C)c(C)c12. The van der Waals surface area contributed by atoms with Gasteiger partial charge in [-0.15, -0.1) is 11.3 Å². The predicted octanol–water partition coefficient (Wildman–Crippen LogP) is 2.85. The molecule has 0 bridgehead atoms. The summed E-state index contributed by atoms with van der Waals surface area (Å²) in [4.78, 5) is 11.1. The van der Waals surface area contributed by atoms with Crippen molar-refractivity contribution in [3.05, 3.63) is 16.8 Å². The van der Waals surface area contributed by atoms with Gasteiger partial charge in [-0.2, -0.15) is 0 Å². The maximum absolute atomic E-state index is 5.79. The molecule has 98 valence electrons. The second-order valence-corrected chi connectivity index (χ2v) is 5.75. The number of nitrogens with two attached hydrogens (primary N) is 1. The third-order valence-corrected chi connectivity index (χ3v) is 4.34. The maximum atomic E-state index is 5.79. The largest absolute Gasteiger partial charge is 0.365 e. The van der Waals surface area contributed by atoms with Crippen molar-refractivity contribution in [1.82, 2.24) is 9.97 Å². The minimum absolute atomic E-state index is 0.285. The number of nitrogens with zero attached hydrogens (tertiary/aromatic N) is 2. The summed E-state index contributed by atoms with van der Waals surface area (Å²) in [5.74, 6) is 0.922. The normalized spacial score (nSPS) is 12.9. The van der Waals surface area contributed by atoms with Crippen LogP contribution in [-0.4, -0.2) is 22.6 Å². The number of hydrogen-bond donors (Lipinski definition) is 2. The molecule has 2 rings (SSSR count). The van der Waals surface area contributed by atoms with Gasteiger partial charge < -0.3 is 11.1 Å². The van der Waals surface area contributed by atoms with Crippen LogP contribution in [0, 0.1) is 13.8 Å². The number of aromatic nitrogens is 2. The molecule has 2 aromatic heterocycles. The summed E-state index contributed by atoms with van der Waals surface area (Å²) in [5, 5.41) is 4.61. The minimum Gasteiger partial charge on any atom is -0.365 e. The van der Waals surface area contributed by atoms with Gasteiger partial charge in [0.2, 0.25) is 0 Å².